The van der Waals surface area contributed by atoms with Crippen LogP contribution in [0.25, 0.3) is 11.0 Å². The average molecular weight is 196 g/mol. The van der Waals surface area contributed by atoms with Gasteiger partial charge in [0.25, 0.3) is 5.24 Å². The van der Waals surface area contributed by atoms with Gasteiger partial charge in [-0.05, 0) is 23.7 Å². The second kappa shape index (κ2) is 2.74. The zero-order valence-electron chi connectivity index (χ0n) is 6.54. The Morgan fingerprint density at radius 1 is 1.54 bits per heavy atom. The molecule has 5 heteroatoms. The lowest BCUT2D eigenvalue weighted by Gasteiger charge is -1.99. The van der Waals surface area contributed by atoms with Crippen LogP contribution in [0.15, 0.2) is 18.5 Å². The van der Waals surface area contributed by atoms with E-state index in [4.69, 9.17) is 17.3 Å². The molecule has 66 valence electrons. The number of hydrogen-bond donors (Lipinski definition) is 2. The van der Waals surface area contributed by atoms with Gasteiger partial charge in [0.05, 0.1) is 17.4 Å². The van der Waals surface area contributed by atoms with E-state index < -0.39 is 5.24 Å². The van der Waals surface area contributed by atoms with Crippen molar-refractivity contribution in [3.8, 4) is 0 Å². The van der Waals surface area contributed by atoms with Crippen LogP contribution in [0.2, 0.25) is 0 Å². The van der Waals surface area contributed by atoms with Gasteiger partial charge in [0.15, 0.2) is 0 Å². The van der Waals surface area contributed by atoms with Gasteiger partial charge in [0, 0.05) is 5.69 Å². The van der Waals surface area contributed by atoms with E-state index in [1.54, 1.807) is 12.1 Å². The number of fused-ring (bicyclic) bond motifs is 1. The molecule has 13 heavy (non-hydrogen) atoms. The molecular formula is C8H6ClN3O. The zero-order chi connectivity index (χ0) is 9.42. The second-order valence-corrected chi connectivity index (χ2v) is 2.95. The van der Waals surface area contributed by atoms with Crippen molar-refractivity contribution in [1.29, 1.82) is 0 Å². The average Bonchev–Trinajstić information content (AvgIpc) is 2.50. The van der Waals surface area contributed by atoms with Crippen LogP contribution in [0.5, 0.6) is 0 Å². The number of nitrogens with zero attached hydrogens (tertiary/aromatic N) is 1. The lowest BCUT2D eigenvalue weighted by Crippen LogP contribution is -1.98. The summed E-state index contributed by atoms with van der Waals surface area (Å²) in [5.74, 6) is 0. The number of nitrogens with one attached hydrogen (secondary N) is 1. The fraction of sp³-hybridized carbons (Fsp3) is 0. The summed E-state index contributed by atoms with van der Waals surface area (Å²) in [5.41, 5.74) is 7.46. The molecule has 0 bridgehead atoms. The van der Waals surface area contributed by atoms with E-state index in [-0.39, 0.29) is 5.56 Å². The number of rotatable bonds is 1. The van der Waals surface area contributed by atoms with Crippen LogP contribution >= 0.6 is 11.6 Å². The van der Waals surface area contributed by atoms with Crippen molar-refractivity contribution in [2.24, 2.45) is 0 Å². The third kappa shape index (κ3) is 1.15. The number of carbonyl (C=O) groups excluding carboxylic acids is 1. The Hall–Kier alpha value is -1.55. The molecule has 2 aromatic rings. The fourth-order valence-corrected chi connectivity index (χ4v) is 1.43. The molecule has 3 N–H and O–H groups in total. The van der Waals surface area contributed by atoms with Gasteiger partial charge in [-0.3, -0.25) is 4.79 Å². The summed E-state index contributed by atoms with van der Waals surface area (Å²) in [7, 11) is 0. The number of nitrogen functional groups attached to an aromatic ring is 1. The second-order valence-electron chi connectivity index (χ2n) is 2.60. The number of aromatic nitrogens is 2. The minimum atomic E-state index is -0.588. The van der Waals surface area contributed by atoms with E-state index in [1.807, 2.05) is 0 Å². The van der Waals surface area contributed by atoms with Crippen molar-refractivity contribution in [3.63, 3.8) is 0 Å². The number of carbonyl (C=O) groups is 1. The Kier molecular flexibility index (Phi) is 1.70. The molecular weight excluding hydrogens is 190 g/mol. The number of H-pyrrole nitrogens is 1. The van der Waals surface area contributed by atoms with E-state index in [1.165, 1.54) is 6.33 Å². The summed E-state index contributed by atoms with van der Waals surface area (Å²) in [6.07, 6.45) is 1.49. The van der Waals surface area contributed by atoms with Crippen molar-refractivity contribution < 1.29 is 4.79 Å². The maximum absolute atomic E-state index is 11.0. The van der Waals surface area contributed by atoms with Crippen LogP contribution in [0.3, 0.4) is 0 Å². The molecule has 0 radical (unpaired) electrons. The molecule has 1 aromatic heterocycles. The van der Waals surface area contributed by atoms with Gasteiger partial charge >= 0.3 is 0 Å². The first-order valence-electron chi connectivity index (χ1n) is 3.61. The van der Waals surface area contributed by atoms with Crippen LogP contribution in [-0.4, -0.2) is 15.2 Å². The van der Waals surface area contributed by atoms with E-state index in [9.17, 15) is 4.79 Å². The minimum Gasteiger partial charge on any atom is -0.398 e. The Bertz CT molecular complexity index is 477. The van der Waals surface area contributed by atoms with E-state index in [0.29, 0.717) is 11.2 Å². The molecule has 1 heterocycles. The molecule has 1 aromatic carbocycles. The Morgan fingerprint density at radius 3 is 3.00 bits per heavy atom. The maximum atomic E-state index is 11.0. The lowest BCUT2D eigenvalue weighted by molar-refractivity contribution is 0.108. The number of hydrogen-bond acceptors (Lipinski definition) is 3. The zero-order valence-corrected chi connectivity index (χ0v) is 7.30. The summed E-state index contributed by atoms with van der Waals surface area (Å²) < 4.78 is 0. The lowest BCUT2D eigenvalue weighted by atomic mass is 10.1. The monoisotopic (exact) mass is 195 g/mol. The van der Waals surface area contributed by atoms with Gasteiger partial charge in [0.1, 0.15) is 5.52 Å². The molecule has 0 unspecified atom stereocenters. The van der Waals surface area contributed by atoms with E-state index in [2.05, 4.69) is 9.97 Å². The molecule has 0 saturated carbocycles. The molecule has 0 saturated heterocycles. The highest BCUT2D eigenvalue weighted by Gasteiger charge is 2.12. The Labute approximate surface area is 78.7 Å². The first-order valence-corrected chi connectivity index (χ1v) is 3.99. The Balaban J connectivity index is 2.88. The largest absolute Gasteiger partial charge is 0.398 e. The SMILES string of the molecule is Nc1ccc2[nH]cnc2c1C(=O)Cl. The molecule has 0 spiro atoms. The van der Waals surface area contributed by atoms with Crippen molar-refractivity contribution in [2.75, 3.05) is 5.73 Å². The van der Waals surface area contributed by atoms with Crippen molar-refractivity contribution in [1.82, 2.24) is 9.97 Å². The highest BCUT2D eigenvalue weighted by molar-refractivity contribution is 6.69. The summed E-state index contributed by atoms with van der Waals surface area (Å²) in [4.78, 5) is 17.8. The number of imidazole rings is 1. The number of halogens is 1. The van der Waals surface area contributed by atoms with Crippen molar-refractivity contribution in [3.05, 3.63) is 24.0 Å². The molecule has 0 amide bonds. The topological polar surface area (TPSA) is 71.8 Å². The highest BCUT2D eigenvalue weighted by atomic mass is 35.5. The number of anilines is 1. The quantitative estimate of drug-likeness (QED) is 0.535. The van der Waals surface area contributed by atoms with E-state index in [0.717, 1.165) is 5.52 Å². The third-order valence-corrected chi connectivity index (χ3v) is 2.01. The first-order chi connectivity index (χ1) is 6.20. The van der Waals surface area contributed by atoms with Gasteiger partial charge in [0.2, 0.25) is 0 Å². The van der Waals surface area contributed by atoms with Gasteiger partial charge in [-0.15, -0.1) is 0 Å². The predicted octanol–water partition coefficient (Wildman–Crippen LogP) is 1.52. The number of benzene rings is 1. The van der Waals surface area contributed by atoms with Crippen LogP contribution in [0, 0.1) is 0 Å². The Morgan fingerprint density at radius 2 is 2.31 bits per heavy atom. The molecule has 0 aliphatic rings. The summed E-state index contributed by atoms with van der Waals surface area (Å²) in [6.45, 7) is 0. The van der Waals surface area contributed by atoms with Crippen LogP contribution in [0.1, 0.15) is 10.4 Å². The number of nitrogens with two attached hydrogens (primary N) is 1. The van der Waals surface area contributed by atoms with Crippen molar-refractivity contribution in [2.45, 2.75) is 0 Å². The van der Waals surface area contributed by atoms with Crippen LogP contribution in [0.4, 0.5) is 5.69 Å². The molecule has 0 aliphatic carbocycles. The smallest absolute Gasteiger partial charge is 0.256 e. The number of aromatic amines is 1. The van der Waals surface area contributed by atoms with Crippen LogP contribution < -0.4 is 5.73 Å². The van der Waals surface area contributed by atoms with Gasteiger partial charge in [-0.25, -0.2) is 4.98 Å². The third-order valence-electron chi connectivity index (χ3n) is 1.82. The minimum absolute atomic E-state index is 0.264. The van der Waals surface area contributed by atoms with Gasteiger partial charge < -0.3 is 10.7 Å². The summed E-state index contributed by atoms with van der Waals surface area (Å²) >= 11 is 5.37. The van der Waals surface area contributed by atoms with Gasteiger partial charge in [-0.2, -0.15) is 0 Å². The summed E-state index contributed by atoms with van der Waals surface area (Å²) in [5, 5.41) is -0.588. The van der Waals surface area contributed by atoms with E-state index >= 15 is 0 Å². The molecule has 0 atom stereocenters. The fourth-order valence-electron chi connectivity index (χ4n) is 1.23. The van der Waals surface area contributed by atoms with Crippen LogP contribution in [-0.2, 0) is 0 Å². The normalized spacial score (nSPS) is 10.5. The first kappa shape index (κ1) is 8.07. The van der Waals surface area contributed by atoms with Gasteiger partial charge in [-0.1, -0.05) is 0 Å². The molecule has 2 rings (SSSR count). The predicted molar refractivity (Wildman–Crippen MR) is 50.7 cm³/mol. The van der Waals surface area contributed by atoms with Crippen molar-refractivity contribution >= 4 is 33.6 Å². The highest BCUT2D eigenvalue weighted by Crippen LogP contribution is 2.22. The molecule has 4 nitrogen and oxygen atoms in total. The molecule has 0 fully saturated rings. The standard InChI is InChI=1S/C8H6ClN3O/c9-8(13)6-4(10)1-2-5-7(6)12-3-11-5/h1-3H,10H2,(H,11,12). The summed E-state index contributed by atoms with van der Waals surface area (Å²) in [6, 6.07) is 3.37. The molecule has 0 aliphatic heterocycles. The maximum Gasteiger partial charge on any atom is 0.256 e.